The summed E-state index contributed by atoms with van der Waals surface area (Å²) in [5, 5.41) is 7.30. The Bertz CT molecular complexity index is 963. The number of carbonyl (C=O) groups excluding carboxylic acids is 2. The molecule has 3 rings (SSSR count). The van der Waals surface area contributed by atoms with E-state index in [0.717, 1.165) is 11.1 Å². The lowest BCUT2D eigenvalue weighted by Crippen LogP contribution is -2.21. The summed E-state index contributed by atoms with van der Waals surface area (Å²) >= 11 is 5.88. The number of benzene rings is 2. The van der Waals surface area contributed by atoms with Crippen molar-refractivity contribution in [1.29, 1.82) is 0 Å². The predicted molar refractivity (Wildman–Crippen MR) is 108 cm³/mol. The van der Waals surface area contributed by atoms with Gasteiger partial charge in [0.1, 0.15) is 5.69 Å². The van der Waals surface area contributed by atoms with Gasteiger partial charge in [-0.25, -0.2) is 0 Å². The lowest BCUT2D eigenvalue weighted by Gasteiger charge is -2.10. The zero-order chi connectivity index (χ0) is 20.1. The number of anilines is 1. The number of rotatable bonds is 6. The highest BCUT2D eigenvalue weighted by Crippen LogP contribution is 2.23. The van der Waals surface area contributed by atoms with Gasteiger partial charge >= 0.3 is 0 Å². The summed E-state index contributed by atoms with van der Waals surface area (Å²) in [6, 6.07) is 16.1. The summed E-state index contributed by atoms with van der Waals surface area (Å²) in [5.74, 6) is 0.0697. The summed E-state index contributed by atoms with van der Waals surface area (Å²) in [6.45, 7) is 0. The monoisotopic (exact) mass is 397 g/mol. The van der Waals surface area contributed by atoms with E-state index in [-0.39, 0.29) is 18.2 Å². The molecule has 0 aliphatic carbocycles. The summed E-state index contributed by atoms with van der Waals surface area (Å²) in [5.41, 5.74) is 3.06. The Morgan fingerprint density at radius 1 is 1.07 bits per heavy atom. The molecule has 1 N–H and O–H groups in total. The standard InChI is InChI=1S/C21H20ClN3O3/c1-25(2)21(27)16-6-3-14(4-7-16)5-12-19(26)23-20-13-18(24-28-20)15-8-10-17(22)11-9-15/h3-4,6-11,13H,5,12H2,1-2H3,(H,23,26). The summed E-state index contributed by atoms with van der Waals surface area (Å²) in [7, 11) is 3.42. The third kappa shape index (κ3) is 4.98. The van der Waals surface area contributed by atoms with Crippen molar-refractivity contribution in [2.75, 3.05) is 19.4 Å². The minimum absolute atomic E-state index is 0.0499. The topological polar surface area (TPSA) is 75.4 Å². The van der Waals surface area contributed by atoms with E-state index in [9.17, 15) is 9.59 Å². The van der Waals surface area contributed by atoms with Gasteiger partial charge < -0.3 is 9.42 Å². The van der Waals surface area contributed by atoms with Crippen LogP contribution in [0.3, 0.4) is 0 Å². The zero-order valence-corrected chi connectivity index (χ0v) is 16.4. The second-order valence-corrected chi connectivity index (χ2v) is 6.96. The highest BCUT2D eigenvalue weighted by Gasteiger charge is 2.11. The maximum absolute atomic E-state index is 12.2. The lowest BCUT2D eigenvalue weighted by atomic mass is 10.1. The number of nitrogens with one attached hydrogen (secondary N) is 1. The normalized spacial score (nSPS) is 10.5. The smallest absolute Gasteiger partial charge is 0.253 e. The van der Waals surface area contributed by atoms with E-state index in [1.165, 1.54) is 4.90 Å². The van der Waals surface area contributed by atoms with Crippen molar-refractivity contribution in [3.05, 3.63) is 70.7 Å². The van der Waals surface area contributed by atoms with Crippen molar-refractivity contribution in [3.63, 3.8) is 0 Å². The Morgan fingerprint density at radius 3 is 2.39 bits per heavy atom. The molecule has 0 spiro atoms. The molecule has 0 saturated carbocycles. The van der Waals surface area contributed by atoms with Gasteiger partial charge in [0.25, 0.3) is 5.91 Å². The van der Waals surface area contributed by atoms with Crippen LogP contribution < -0.4 is 5.32 Å². The van der Waals surface area contributed by atoms with Gasteiger partial charge in [-0.2, -0.15) is 0 Å². The molecular formula is C21H20ClN3O3. The fraction of sp³-hybridized carbons (Fsp3) is 0.190. The molecule has 2 amide bonds. The van der Waals surface area contributed by atoms with Gasteiger partial charge in [0.05, 0.1) is 0 Å². The molecule has 144 valence electrons. The van der Waals surface area contributed by atoms with Gasteiger partial charge in [0, 0.05) is 42.7 Å². The molecule has 6 nitrogen and oxygen atoms in total. The molecule has 1 heterocycles. The summed E-state index contributed by atoms with van der Waals surface area (Å²) in [6.07, 6.45) is 0.846. The molecule has 0 bridgehead atoms. The van der Waals surface area contributed by atoms with Crippen molar-refractivity contribution >= 4 is 29.3 Å². The first kappa shape index (κ1) is 19.6. The largest absolute Gasteiger partial charge is 0.345 e. The molecule has 2 aromatic carbocycles. The third-order valence-electron chi connectivity index (χ3n) is 4.16. The number of amides is 2. The number of aromatic nitrogens is 1. The van der Waals surface area contributed by atoms with E-state index >= 15 is 0 Å². The molecule has 0 fully saturated rings. The molecular weight excluding hydrogens is 378 g/mol. The predicted octanol–water partition coefficient (Wildman–Crippen LogP) is 4.27. The SMILES string of the molecule is CN(C)C(=O)c1ccc(CCC(=O)Nc2cc(-c3ccc(Cl)cc3)no2)cc1. The Hall–Kier alpha value is -3.12. The molecule has 0 unspecified atom stereocenters. The number of nitrogens with zero attached hydrogens (tertiary/aromatic N) is 2. The number of halogens is 1. The van der Waals surface area contributed by atoms with E-state index in [2.05, 4.69) is 10.5 Å². The summed E-state index contributed by atoms with van der Waals surface area (Å²) < 4.78 is 5.18. The van der Waals surface area contributed by atoms with E-state index in [1.807, 2.05) is 24.3 Å². The van der Waals surface area contributed by atoms with Crippen LogP contribution in [0.1, 0.15) is 22.3 Å². The molecule has 7 heteroatoms. The van der Waals surface area contributed by atoms with E-state index in [0.29, 0.717) is 28.6 Å². The number of hydrogen-bond acceptors (Lipinski definition) is 4. The van der Waals surface area contributed by atoms with Gasteiger partial charge in [0.2, 0.25) is 11.8 Å². The first-order valence-electron chi connectivity index (χ1n) is 8.75. The number of carbonyl (C=O) groups is 2. The molecule has 0 aliphatic rings. The molecule has 0 radical (unpaired) electrons. The molecule has 0 atom stereocenters. The Balaban J connectivity index is 1.53. The fourth-order valence-corrected chi connectivity index (χ4v) is 2.75. The summed E-state index contributed by atoms with van der Waals surface area (Å²) in [4.78, 5) is 25.6. The molecule has 0 saturated heterocycles. The zero-order valence-electron chi connectivity index (χ0n) is 15.6. The number of hydrogen-bond donors (Lipinski definition) is 1. The maximum Gasteiger partial charge on any atom is 0.253 e. The van der Waals surface area contributed by atoms with Crippen LogP contribution in [0.2, 0.25) is 5.02 Å². The van der Waals surface area contributed by atoms with Gasteiger partial charge in [-0.3, -0.25) is 14.9 Å². The van der Waals surface area contributed by atoms with E-state index < -0.39 is 0 Å². The molecule has 3 aromatic rings. The third-order valence-corrected chi connectivity index (χ3v) is 4.41. The van der Waals surface area contributed by atoms with E-state index in [1.54, 1.807) is 44.4 Å². The number of aryl methyl sites for hydroxylation is 1. The Morgan fingerprint density at radius 2 is 1.75 bits per heavy atom. The minimum Gasteiger partial charge on any atom is -0.345 e. The average molecular weight is 398 g/mol. The average Bonchev–Trinajstić information content (AvgIpc) is 3.15. The van der Waals surface area contributed by atoms with Crippen molar-refractivity contribution in [1.82, 2.24) is 10.1 Å². The highest BCUT2D eigenvalue weighted by atomic mass is 35.5. The Kier molecular flexibility index (Phi) is 6.11. The second-order valence-electron chi connectivity index (χ2n) is 6.53. The minimum atomic E-state index is -0.174. The molecule has 0 aliphatic heterocycles. The lowest BCUT2D eigenvalue weighted by molar-refractivity contribution is -0.116. The highest BCUT2D eigenvalue weighted by molar-refractivity contribution is 6.30. The Labute approximate surface area is 168 Å². The molecule has 1 aromatic heterocycles. The van der Waals surface area contributed by atoms with Crippen molar-refractivity contribution in [2.24, 2.45) is 0 Å². The fourth-order valence-electron chi connectivity index (χ4n) is 2.62. The van der Waals surface area contributed by atoms with E-state index in [4.69, 9.17) is 16.1 Å². The van der Waals surface area contributed by atoms with Gasteiger partial charge in [-0.15, -0.1) is 0 Å². The van der Waals surface area contributed by atoms with Crippen molar-refractivity contribution in [3.8, 4) is 11.3 Å². The van der Waals surface area contributed by atoms with Crippen molar-refractivity contribution < 1.29 is 14.1 Å². The maximum atomic E-state index is 12.2. The van der Waals surface area contributed by atoms with Crippen LogP contribution in [0.4, 0.5) is 5.88 Å². The van der Waals surface area contributed by atoms with Crippen LogP contribution >= 0.6 is 11.6 Å². The van der Waals surface area contributed by atoms with Crippen LogP contribution in [0.25, 0.3) is 11.3 Å². The first-order valence-corrected chi connectivity index (χ1v) is 9.13. The second kappa shape index (κ2) is 8.71. The van der Waals surface area contributed by atoms with Crippen molar-refractivity contribution in [2.45, 2.75) is 12.8 Å². The van der Waals surface area contributed by atoms with Crippen LogP contribution in [-0.2, 0) is 11.2 Å². The van der Waals surface area contributed by atoms with Crippen LogP contribution in [0, 0.1) is 0 Å². The van der Waals surface area contributed by atoms with Crippen LogP contribution in [-0.4, -0.2) is 36.0 Å². The molecule has 28 heavy (non-hydrogen) atoms. The van der Waals surface area contributed by atoms with Crippen LogP contribution in [0.5, 0.6) is 0 Å². The first-order chi connectivity index (χ1) is 13.4. The van der Waals surface area contributed by atoms with Gasteiger partial charge in [0.15, 0.2) is 0 Å². The van der Waals surface area contributed by atoms with Gasteiger partial charge in [-0.1, -0.05) is 41.0 Å². The quantitative estimate of drug-likeness (QED) is 0.674. The van der Waals surface area contributed by atoms with Gasteiger partial charge in [-0.05, 0) is 36.2 Å². The van der Waals surface area contributed by atoms with Crippen LogP contribution in [0.15, 0.2) is 59.1 Å².